The van der Waals surface area contributed by atoms with Crippen LogP contribution in [0, 0.1) is 7.73 Å². The molecule has 0 aliphatic heterocycles. The van der Waals surface area contributed by atoms with Gasteiger partial charge < -0.3 is 4.42 Å². The SMILES string of the molecule is Ic1ncc2nc(I)oc2n1. The van der Waals surface area contributed by atoms with E-state index < -0.39 is 0 Å². The molecule has 2 heterocycles. The minimum atomic E-state index is 0.550. The number of aromatic nitrogens is 3. The molecule has 0 amide bonds. The number of hydrogen-bond donors (Lipinski definition) is 0. The molecule has 0 spiro atoms. The molecule has 0 unspecified atom stereocenters. The van der Waals surface area contributed by atoms with Gasteiger partial charge in [0.25, 0.3) is 9.61 Å². The van der Waals surface area contributed by atoms with Gasteiger partial charge in [0.1, 0.15) is 5.52 Å². The van der Waals surface area contributed by atoms with Gasteiger partial charge in [0.15, 0.2) is 3.83 Å². The fourth-order valence-electron chi connectivity index (χ4n) is 0.689. The van der Waals surface area contributed by atoms with E-state index in [-0.39, 0.29) is 0 Å². The highest BCUT2D eigenvalue weighted by atomic mass is 127. The lowest BCUT2D eigenvalue weighted by Gasteiger charge is -1.84. The molecule has 2 aromatic rings. The molecule has 0 saturated heterocycles. The van der Waals surface area contributed by atoms with Crippen molar-refractivity contribution >= 4 is 56.4 Å². The predicted molar refractivity (Wildman–Crippen MR) is 55.0 cm³/mol. The van der Waals surface area contributed by atoms with Crippen LogP contribution < -0.4 is 0 Å². The third-order valence-corrected chi connectivity index (χ3v) is 2.08. The molecule has 0 radical (unpaired) electrons. The molecule has 0 saturated carbocycles. The van der Waals surface area contributed by atoms with Crippen molar-refractivity contribution in [2.75, 3.05) is 0 Å². The molecule has 0 atom stereocenters. The van der Waals surface area contributed by atoms with Gasteiger partial charge in [-0.2, -0.15) is 4.98 Å². The molecular weight excluding hydrogens is 372 g/mol. The zero-order chi connectivity index (χ0) is 7.84. The quantitative estimate of drug-likeness (QED) is 0.523. The van der Waals surface area contributed by atoms with E-state index in [1.54, 1.807) is 6.20 Å². The van der Waals surface area contributed by atoms with Crippen LogP contribution in [0.15, 0.2) is 10.6 Å². The van der Waals surface area contributed by atoms with Gasteiger partial charge in [-0.15, -0.1) is 0 Å². The van der Waals surface area contributed by atoms with Gasteiger partial charge in [0.2, 0.25) is 0 Å². The average Bonchev–Trinajstić information content (AvgIpc) is 2.27. The van der Waals surface area contributed by atoms with Gasteiger partial charge in [-0.3, -0.25) is 0 Å². The molecule has 0 N–H and O–H groups in total. The first kappa shape index (κ1) is 7.65. The van der Waals surface area contributed by atoms with Gasteiger partial charge in [-0.05, 0) is 0 Å². The summed E-state index contributed by atoms with van der Waals surface area (Å²) >= 11 is 4.02. The summed E-state index contributed by atoms with van der Waals surface area (Å²) in [6.45, 7) is 0. The Morgan fingerprint density at radius 3 is 2.91 bits per heavy atom. The first-order chi connectivity index (χ1) is 5.25. The number of fused-ring (bicyclic) bond motifs is 1. The Balaban J connectivity index is 2.82. The van der Waals surface area contributed by atoms with E-state index in [2.05, 4.69) is 15.0 Å². The van der Waals surface area contributed by atoms with Gasteiger partial charge in [-0.1, -0.05) is 0 Å². The summed E-state index contributed by atoms with van der Waals surface area (Å²) in [6, 6.07) is 0. The number of nitrogens with zero attached hydrogens (tertiary/aromatic N) is 3. The average molecular weight is 373 g/mol. The second-order valence-electron chi connectivity index (χ2n) is 1.80. The Labute approximate surface area is 89.1 Å². The summed E-state index contributed by atoms with van der Waals surface area (Å²) in [5, 5.41) is 0. The van der Waals surface area contributed by atoms with Crippen molar-refractivity contribution in [3.63, 3.8) is 0 Å². The Hall–Kier alpha value is 0.01000. The zero-order valence-electron chi connectivity index (χ0n) is 5.08. The van der Waals surface area contributed by atoms with Crippen molar-refractivity contribution in [2.45, 2.75) is 0 Å². The van der Waals surface area contributed by atoms with Crippen molar-refractivity contribution in [2.24, 2.45) is 0 Å². The second-order valence-corrected chi connectivity index (χ2v) is 3.68. The smallest absolute Gasteiger partial charge is 0.259 e. The molecule has 6 heteroatoms. The number of halogens is 2. The van der Waals surface area contributed by atoms with E-state index in [0.29, 0.717) is 19.0 Å². The third-order valence-electron chi connectivity index (χ3n) is 1.10. The maximum absolute atomic E-state index is 5.17. The van der Waals surface area contributed by atoms with Crippen LogP contribution in [0.4, 0.5) is 0 Å². The molecule has 0 aliphatic carbocycles. The van der Waals surface area contributed by atoms with E-state index in [1.807, 2.05) is 45.2 Å². The van der Waals surface area contributed by atoms with Gasteiger partial charge in [0, 0.05) is 45.2 Å². The minimum absolute atomic E-state index is 0.550. The van der Waals surface area contributed by atoms with E-state index in [4.69, 9.17) is 4.42 Å². The van der Waals surface area contributed by atoms with Crippen LogP contribution in [-0.2, 0) is 0 Å². The molecule has 0 fully saturated rings. The molecule has 0 aromatic carbocycles. The first-order valence-electron chi connectivity index (χ1n) is 2.70. The largest absolute Gasteiger partial charge is 0.413 e. The van der Waals surface area contributed by atoms with Gasteiger partial charge >= 0.3 is 0 Å². The molecule has 4 nitrogen and oxygen atoms in total. The van der Waals surface area contributed by atoms with Crippen molar-refractivity contribution in [1.82, 2.24) is 15.0 Å². The van der Waals surface area contributed by atoms with Crippen LogP contribution in [0.3, 0.4) is 0 Å². The van der Waals surface area contributed by atoms with Crippen molar-refractivity contribution < 1.29 is 4.42 Å². The third kappa shape index (κ3) is 1.45. The highest BCUT2D eigenvalue weighted by Gasteiger charge is 2.04. The van der Waals surface area contributed by atoms with Crippen LogP contribution in [-0.4, -0.2) is 15.0 Å². The fraction of sp³-hybridized carbons (Fsp3) is 0. The Kier molecular flexibility index (Phi) is 1.95. The highest BCUT2D eigenvalue weighted by Crippen LogP contribution is 2.13. The van der Waals surface area contributed by atoms with Crippen molar-refractivity contribution in [3.8, 4) is 0 Å². The van der Waals surface area contributed by atoms with Crippen LogP contribution in [0.5, 0.6) is 0 Å². The predicted octanol–water partition coefficient (Wildman–Crippen LogP) is 1.83. The van der Waals surface area contributed by atoms with Gasteiger partial charge in [-0.25, -0.2) is 9.97 Å². The number of rotatable bonds is 0. The molecule has 0 aliphatic rings. The van der Waals surface area contributed by atoms with Gasteiger partial charge in [0.05, 0.1) is 6.20 Å². The summed E-state index contributed by atoms with van der Waals surface area (Å²) in [4.78, 5) is 12.1. The second kappa shape index (κ2) is 2.81. The summed E-state index contributed by atoms with van der Waals surface area (Å²) in [7, 11) is 0. The van der Waals surface area contributed by atoms with Crippen LogP contribution in [0.25, 0.3) is 11.2 Å². The fourth-order valence-corrected chi connectivity index (χ4v) is 1.52. The Morgan fingerprint density at radius 2 is 2.09 bits per heavy atom. The first-order valence-corrected chi connectivity index (χ1v) is 4.86. The normalized spacial score (nSPS) is 10.7. The molecule has 2 rings (SSSR count). The molecule has 2 aromatic heterocycles. The summed E-state index contributed by atoms with van der Waals surface area (Å²) in [5.74, 6) is 0. The molecule has 11 heavy (non-hydrogen) atoms. The molecular formula is C5HI2N3O. The summed E-state index contributed by atoms with van der Waals surface area (Å²) < 4.78 is 6.43. The van der Waals surface area contributed by atoms with E-state index in [0.717, 1.165) is 0 Å². The highest BCUT2D eigenvalue weighted by molar-refractivity contribution is 14.1. The van der Waals surface area contributed by atoms with E-state index in [9.17, 15) is 0 Å². The maximum Gasteiger partial charge on any atom is 0.259 e. The van der Waals surface area contributed by atoms with E-state index in [1.165, 1.54) is 0 Å². The lowest BCUT2D eigenvalue weighted by Crippen LogP contribution is -1.84. The lowest BCUT2D eigenvalue weighted by molar-refractivity contribution is 0.555. The Morgan fingerprint density at radius 1 is 1.27 bits per heavy atom. The van der Waals surface area contributed by atoms with E-state index >= 15 is 0 Å². The lowest BCUT2D eigenvalue weighted by atomic mass is 10.6. The van der Waals surface area contributed by atoms with Crippen LogP contribution in [0.2, 0.25) is 0 Å². The summed E-state index contributed by atoms with van der Waals surface area (Å²) in [5.41, 5.74) is 1.25. The zero-order valence-corrected chi connectivity index (χ0v) is 9.40. The molecule has 0 bridgehead atoms. The summed E-state index contributed by atoms with van der Waals surface area (Å²) in [6.07, 6.45) is 1.65. The van der Waals surface area contributed by atoms with Crippen molar-refractivity contribution in [1.29, 1.82) is 0 Å². The van der Waals surface area contributed by atoms with Crippen molar-refractivity contribution in [3.05, 3.63) is 13.9 Å². The number of oxazole rings is 1. The van der Waals surface area contributed by atoms with Crippen LogP contribution in [0.1, 0.15) is 0 Å². The van der Waals surface area contributed by atoms with Crippen LogP contribution >= 0.6 is 45.2 Å². The Bertz CT molecular complexity index is 400. The topological polar surface area (TPSA) is 51.8 Å². The number of hydrogen-bond acceptors (Lipinski definition) is 4. The maximum atomic E-state index is 5.17. The standard InChI is InChI=1S/C5HI2N3O/c6-4-8-1-2-3(10-4)11-5(7)9-2/h1H. The molecule has 56 valence electrons. The minimum Gasteiger partial charge on any atom is -0.413 e. The monoisotopic (exact) mass is 373 g/mol.